The molecule has 1 aliphatic rings. The zero-order valence-corrected chi connectivity index (χ0v) is 14.5. The summed E-state index contributed by atoms with van der Waals surface area (Å²) in [6.07, 6.45) is 5.22. The first-order chi connectivity index (χ1) is 11.1. The molecule has 0 aromatic carbocycles. The number of likely N-dealkylation sites (tertiary alicyclic amines) is 1. The monoisotopic (exact) mass is 317 g/mol. The number of hydrogen-bond acceptors (Lipinski definition) is 5. The first-order valence-corrected chi connectivity index (χ1v) is 8.61. The minimum absolute atomic E-state index is 0.293. The van der Waals surface area contributed by atoms with Crippen LogP contribution in [0.5, 0.6) is 0 Å². The standard InChI is InChI=1S/C16H27N7/c1-11(2)15-19-16(21-20-15)13-7-5-6-8-22(13)9-14-17-10-18-23(14)12(3)4/h10-13H,5-9H2,1-4H3,(H,19,20,21)/t13-/m0/s1. The Bertz CT molecular complexity index is 628. The van der Waals surface area contributed by atoms with Crippen molar-refractivity contribution in [3.05, 3.63) is 23.8 Å². The summed E-state index contributed by atoms with van der Waals surface area (Å²) < 4.78 is 2.01. The zero-order chi connectivity index (χ0) is 16.4. The zero-order valence-electron chi connectivity index (χ0n) is 14.5. The van der Waals surface area contributed by atoms with E-state index < -0.39 is 0 Å². The van der Waals surface area contributed by atoms with Crippen molar-refractivity contribution >= 4 is 0 Å². The predicted molar refractivity (Wildman–Crippen MR) is 87.9 cm³/mol. The van der Waals surface area contributed by atoms with Crippen LogP contribution in [0.4, 0.5) is 0 Å². The summed E-state index contributed by atoms with van der Waals surface area (Å²) in [7, 11) is 0. The van der Waals surface area contributed by atoms with E-state index in [0.29, 0.717) is 18.0 Å². The van der Waals surface area contributed by atoms with E-state index in [0.717, 1.165) is 37.0 Å². The Morgan fingerprint density at radius 1 is 1.26 bits per heavy atom. The Hall–Kier alpha value is -1.76. The van der Waals surface area contributed by atoms with E-state index in [-0.39, 0.29) is 0 Å². The van der Waals surface area contributed by atoms with Crippen LogP contribution in [0.1, 0.15) is 82.4 Å². The van der Waals surface area contributed by atoms with Gasteiger partial charge in [0, 0.05) is 12.0 Å². The van der Waals surface area contributed by atoms with Gasteiger partial charge in [-0.05, 0) is 33.2 Å². The minimum atomic E-state index is 0.293. The van der Waals surface area contributed by atoms with Crippen LogP contribution in [-0.2, 0) is 6.54 Å². The fraction of sp³-hybridized carbons (Fsp3) is 0.750. The lowest BCUT2D eigenvalue weighted by molar-refractivity contribution is 0.127. The molecule has 23 heavy (non-hydrogen) atoms. The van der Waals surface area contributed by atoms with E-state index in [1.165, 1.54) is 12.8 Å². The maximum absolute atomic E-state index is 4.72. The van der Waals surface area contributed by atoms with Gasteiger partial charge in [0.1, 0.15) is 18.0 Å². The van der Waals surface area contributed by atoms with Gasteiger partial charge in [-0.25, -0.2) is 14.6 Å². The molecule has 2 aromatic rings. The smallest absolute Gasteiger partial charge is 0.153 e. The Labute approximate surface area is 137 Å². The minimum Gasteiger partial charge on any atom is -0.286 e. The predicted octanol–water partition coefficient (Wildman–Crippen LogP) is 2.83. The molecule has 0 radical (unpaired) electrons. The van der Waals surface area contributed by atoms with Crippen LogP contribution in [0, 0.1) is 0 Å². The average Bonchev–Trinajstić information content (AvgIpc) is 3.16. The second kappa shape index (κ2) is 6.78. The highest BCUT2D eigenvalue weighted by Gasteiger charge is 2.28. The van der Waals surface area contributed by atoms with Crippen molar-refractivity contribution in [3.8, 4) is 0 Å². The summed E-state index contributed by atoms with van der Waals surface area (Å²) in [4.78, 5) is 11.6. The van der Waals surface area contributed by atoms with Gasteiger partial charge in [0.05, 0.1) is 12.6 Å². The van der Waals surface area contributed by atoms with Gasteiger partial charge in [0.15, 0.2) is 5.82 Å². The number of hydrogen-bond donors (Lipinski definition) is 1. The van der Waals surface area contributed by atoms with Gasteiger partial charge >= 0.3 is 0 Å². The topological polar surface area (TPSA) is 75.5 Å². The van der Waals surface area contributed by atoms with E-state index in [1.807, 2.05) is 4.68 Å². The van der Waals surface area contributed by atoms with Crippen LogP contribution in [0.25, 0.3) is 0 Å². The molecule has 126 valence electrons. The van der Waals surface area contributed by atoms with Gasteiger partial charge in [-0.15, -0.1) is 0 Å². The van der Waals surface area contributed by atoms with Crippen molar-refractivity contribution in [2.75, 3.05) is 6.54 Å². The van der Waals surface area contributed by atoms with Crippen molar-refractivity contribution in [1.29, 1.82) is 0 Å². The van der Waals surface area contributed by atoms with Crippen LogP contribution in [-0.4, -0.2) is 41.4 Å². The summed E-state index contributed by atoms with van der Waals surface area (Å²) in [5.74, 6) is 3.26. The second-order valence-corrected chi connectivity index (χ2v) is 6.93. The molecule has 0 unspecified atom stereocenters. The van der Waals surface area contributed by atoms with Crippen LogP contribution in [0.2, 0.25) is 0 Å². The normalized spacial score (nSPS) is 19.8. The number of piperidine rings is 1. The fourth-order valence-corrected chi connectivity index (χ4v) is 3.19. The molecule has 1 fully saturated rings. The molecule has 7 nitrogen and oxygen atoms in total. The molecule has 1 saturated heterocycles. The number of aromatic amines is 1. The first kappa shape index (κ1) is 16.1. The molecule has 0 bridgehead atoms. The van der Waals surface area contributed by atoms with Crippen molar-refractivity contribution in [2.45, 2.75) is 71.5 Å². The summed E-state index contributed by atoms with van der Waals surface area (Å²) >= 11 is 0. The number of nitrogens with one attached hydrogen (secondary N) is 1. The van der Waals surface area contributed by atoms with E-state index in [4.69, 9.17) is 4.98 Å². The molecule has 0 amide bonds. The van der Waals surface area contributed by atoms with Gasteiger partial charge in [-0.3, -0.25) is 10.00 Å². The van der Waals surface area contributed by atoms with Crippen LogP contribution in [0.3, 0.4) is 0 Å². The quantitative estimate of drug-likeness (QED) is 0.917. The molecule has 0 spiro atoms. The van der Waals surface area contributed by atoms with E-state index >= 15 is 0 Å². The fourth-order valence-electron chi connectivity index (χ4n) is 3.19. The van der Waals surface area contributed by atoms with Gasteiger partial charge < -0.3 is 0 Å². The number of rotatable bonds is 5. The number of H-pyrrole nitrogens is 1. The van der Waals surface area contributed by atoms with Crippen LogP contribution < -0.4 is 0 Å². The van der Waals surface area contributed by atoms with Gasteiger partial charge in [-0.2, -0.15) is 10.2 Å². The second-order valence-electron chi connectivity index (χ2n) is 6.93. The van der Waals surface area contributed by atoms with Crippen molar-refractivity contribution < 1.29 is 0 Å². The molecule has 1 N–H and O–H groups in total. The van der Waals surface area contributed by atoms with Crippen LogP contribution in [0.15, 0.2) is 6.33 Å². The summed E-state index contributed by atoms with van der Waals surface area (Å²) in [5, 5.41) is 11.9. The Balaban J connectivity index is 1.79. The maximum atomic E-state index is 4.72. The van der Waals surface area contributed by atoms with Gasteiger partial charge in [-0.1, -0.05) is 20.3 Å². The lowest BCUT2D eigenvalue weighted by Crippen LogP contribution is -2.34. The summed E-state index contributed by atoms with van der Waals surface area (Å²) in [5.41, 5.74) is 0. The largest absolute Gasteiger partial charge is 0.286 e. The lowest BCUT2D eigenvalue weighted by atomic mass is 10.0. The van der Waals surface area contributed by atoms with Crippen molar-refractivity contribution in [3.63, 3.8) is 0 Å². The highest BCUT2D eigenvalue weighted by molar-refractivity contribution is 5.02. The highest BCUT2D eigenvalue weighted by Crippen LogP contribution is 2.30. The molecule has 1 aliphatic heterocycles. The SMILES string of the molecule is CC(C)c1n[nH]c([C@@H]2CCCCN2Cc2ncnn2C(C)C)n1. The third-order valence-electron chi connectivity index (χ3n) is 4.45. The molecule has 0 saturated carbocycles. The number of aromatic nitrogens is 6. The van der Waals surface area contributed by atoms with Crippen LogP contribution >= 0.6 is 0 Å². The third kappa shape index (κ3) is 3.44. The van der Waals surface area contributed by atoms with Crippen molar-refractivity contribution in [2.24, 2.45) is 0 Å². The van der Waals surface area contributed by atoms with E-state index in [2.05, 4.69) is 52.9 Å². The van der Waals surface area contributed by atoms with E-state index in [1.54, 1.807) is 6.33 Å². The third-order valence-corrected chi connectivity index (χ3v) is 4.45. The molecule has 3 heterocycles. The molecule has 1 atom stereocenters. The molecule has 0 aliphatic carbocycles. The maximum Gasteiger partial charge on any atom is 0.153 e. The highest BCUT2D eigenvalue weighted by atomic mass is 15.4. The lowest BCUT2D eigenvalue weighted by Gasteiger charge is -2.34. The molecular formula is C16H27N7. The molecule has 2 aromatic heterocycles. The Morgan fingerprint density at radius 3 is 2.78 bits per heavy atom. The summed E-state index contributed by atoms with van der Waals surface area (Å²) in [6, 6.07) is 0.620. The van der Waals surface area contributed by atoms with Gasteiger partial charge in [0.25, 0.3) is 0 Å². The van der Waals surface area contributed by atoms with Gasteiger partial charge in [0.2, 0.25) is 0 Å². The van der Waals surface area contributed by atoms with Crippen molar-refractivity contribution in [1.82, 2.24) is 34.8 Å². The Morgan fingerprint density at radius 2 is 2.09 bits per heavy atom. The van der Waals surface area contributed by atoms with E-state index in [9.17, 15) is 0 Å². The molecule has 3 rings (SSSR count). The molecular weight excluding hydrogens is 290 g/mol. The summed E-state index contributed by atoms with van der Waals surface area (Å²) in [6.45, 7) is 10.4. The molecule has 7 heteroatoms. The average molecular weight is 317 g/mol. The first-order valence-electron chi connectivity index (χ1n) is 8.61. The number of nitrogens with zero attached hydrogens (tertiary/aromatic N) is 6. The Kier molecular flexibility index (Phi) is 4.75.